The van der Waals surface area contributed by atoms with Gasteiger partial charge in [-0.15, -0.1) is 12.4 Å². The second kappa shape index (κ2) is 8.66. The number of ether oxygens (including phenoxy) is 1. The number of sulfonamides is 1. The van der Waals surface area contributed by atoms with E-state index < -0.39 is 15.6 Å². The van der Waals surface area contributed by atoms with Crippen LogP contribution in [0.3, 0.4) is 0 Å². The highest BCUT2D eigenvalue weighted by atomic mass is 35.5. The summed E-state index contributed by atoms with van der Waals surface area (Å²) in [5.74, 6) is 0.607. The fraction of sp³-hybridized carbons (Fsp3) is 0.438. The van der Waals surface area contributed by atoms with Crippen LogP contribution in [-0.2, 0) is 10.0 Å². The Morgan fingerprint density at radius 2 is 1.92 bits per heavy atom. The zero-order valence-electron chi connectivity index (χ0n) is 14.6. The first-order chi connectivity index (χ1) is 11.3. The molecule has 0 atom stereocenters. The number of methoxy groups -OCH3 is 1. The van der Waals surface area contributed by atoms with E-state index in [0.29, 0.717) is 24.3 Å². The smallest absolute Gasteiger partial charge is 0.243 e. The molecular weight excluding hydrogens is 364 g/mol. The first-order valence-electron chi connectivity index (χ1n) is 7.82. The lowest BCUT2D eigenvalue weighted by Crippen LogP contribution is -2.49. The predicted octanol–water partition coefficient (Wildman–Crippen LogP) is 2.10. The minimum absolute atomic E-state index is 0. The molecule has 0 aliphatic carbocycles. The lowest BCUT2D eigenvalue weighted by Gasteiger charge is -2.26. The Balaban J connectivity index is 0.00000312. The highest BCUT2D eigenvalue weighted by Crippen LogP contribution is 2.22. The molecule has 25 heavy (non-hydrogen) atoms. The zero-order chi connectivity index (χ0) is 17.8. The molecule has 0 aliphatic heterocycles. The number of nitrogens with zero attached hydrogens (tertiary/aromatic N) is 2. The quantitative estimate of drug-likeness (QED) is 0.721. The number of nitrogens with one attached hydrogen (secondary N) is 1. The fourth-order valence-corrected chi connectivity index (χ4v) is 3.29. The van der Waals surface area contributed by atoms with Crippen LogP contribution in [-0.4, -0.2) is 37.4 Å². The fourth-order valence-electron chi connectivity index (χ4n) is 2.22. The molecule has 2 rings (SSSR count). The van der Waals surface area contributed by atoms with Gasteiger partial charge in [-0.1, -0.05) is 26.0 Å². The van der Waals surface area contributed by atoms with Crippen LogP contribution in [0, 0.1) is 0 Å². The van der Waals surface area contributed by atoms with Crippen molar-refractivity contribution in [1.29, 1.82) is 0 Å². The van der Waals surface area contributed by atoms with Crippen LogP contribution in [0.4, 0.5) is 0 Å². The minimum Gasteiger partial charge on any atom is -0.494 e. The second-order valence-corrected chi connectivity index (χ2v) is 7.45. The summed E-state index contributed by atoms with van der Waals surface area (Å²) >= 11 is 0. The van der Waals surface area contributed by atoms with Crippen molar-refractivity contribution in [2.24, 2.45) is 5.73 Å². The van der Waals surface area contributed by atoms with Gasteiger partial charge in [-0.2, -0.15) is 5.10 Å². The average molecular weight is 389 g/mol. The van der Waals surface area contributed by atoms with Crippen LogP contribution < -0.4 is 15.2 Å². The van der Waals surface area contributed by atoms with Crippen molar-refractivity contribution in [1.82, 2.24) is 14.5 Å². The summed E-state index contributed by atoms with van der Waals surface area (Å²) in [4.78, 5) is 0.0861. The zero-order valence-corrected chi connectivity index (χ0v) is 16.2. The SMILES string of the molecule is CCC(N)(CC)CNS(=O)(=O)c1cnn(-c2ccccc2OC)c1.Cl. The lowest BCUT2D eigenvalue weighted by atomic mass is 9.95. The maximum absolute atomic E-state index is 12.5. The summed E-state index contributed by atoms with van der Waals surface area (Å²) < 4.78 is 34.2. The second-order valence-electron chi connectivity index (χ2n) is 5.69. The third-order valence-corrected chi connectivity index (χ3v) is 5.58. The molecule has 0 aliphatic rings. The summed E-state index contributed by atoms with van der Waals surface area (Å²) in [6.45, 7) is 4.07. The van der Waals surface area contributed by atoms with Crippen LogP contribution in [0.15, 0.2) is 41.6 Å². The largest absolute Gasteiger partial charge is 0.494 e. The summed E-state index contributed by atoms with van der Waals surface area (Å²) in [6, 6.07) is 7.25. The van der Waals surface area contributed by atoms with Crippen molar-refractivity contribution in [3.63, 3.8) is 0 Å². The van der Waals surface area contributed by atoms with Crippen molar-refractivity contribution < 1.29 is 13.2 Å². The topological polar surface area (TPSA) is 99.2 Å². The number of aromatic nitrogens is 2. The Labute approximate surface area is 155 Å². The first kappa shape index (κ1) is 21.4. The van der Waals surface area contributed by atoms with Crippen molar-refractivity contribution in [3.8, 4) is 11.4 Å². The third-order valence-electron chi connectivity index (χ3n) is 4.22. The molecule has 0 saturated carbocycles. The Morgan fingerprint density at radius 1 is 1.28 bits per heavy atom. The summed E-state index contributed by atoms with van der Waals surface area (Å²) in [6.07, 6.45) is 4.14. The summed E-state index contributed by atoms with van der Waals surface area (Å²) in [5.41, 5.74) is 6.27. The normalized spacial score (nSPS) is 11.8. The number of halogens is 1. The third kappa shape index (κ3) is 4.94. The molecule has 0 fully saturated rings. The molecular formula is C16H25ClN4O3S. The molecule has 1 heterocycles. The molecule has 0 spiro atoms. The van der Waals surface area contributed by atoms with Crippen molar-refractivity contribution in [3.05, 3.63) is 36.7 Å². The molecule has 1 aromatic carbocycles. The van der Waals surface area contributed by atoms with Gasteiger partial charge in [-0.3, -0.25) is 0 Å². The van der Waals surface area contributed by atoms with Crippen molar-refractivity contribution >= 4 is 22.4 Å². The minimum atomic E-state index is -3.67. The van der Waals surface area contributed by atoms with E-state index in [1.165, 1.54) is 17.1 Å². The van der Waals surface area contributed by atoms with Gasteiger partial charge in [0.1, 0.15) is 16.3 Å². The van der Waals surface area contributed by atoms with Gasteiger partial charge in [0.05, 0.1) is 19.5 Å². The number of nitrogens with two attached hydrogens (primary N) is 1. The molecule has 140 valence electrons. The monoisotopic (exact) mass is 388 g/mol. The van der Waals surface area contributed by atoms with Crippen LogP contribution in [0.1, 0.15) is 26.7 Å². The Kier molecular flexibility index (Phi) is 7.43. The highest BCUT2D eigenvalue weighted by Gasteiger charge is 2.25. The number of benzene rings is 1. The van der Waals surface area contributed by atoms with E-state index in [9.17, 15) is 8.42 Å². The predicted molar refractivity (Wildman–Crippen MR) is 100 cm³/mol. The standard InChI is InChI=1S/C16H24N4O3S.ClH/c1-4-16(17,5-2)12-19-24(21,22)13-10-18-20(11-13)14-8-6-7-9-15(14)23-3;/h6-11,19H,4-5,12,17H2,1-3H3;1H. The van der Waals surface area contributed by atoms with Crippen LogP contribution in [0.5, 0.6) is 5.75 Å². The number of hydrogen-bond acceptors (Lipinski definition) is 5. The highest BCUT2D eigenvalue weighted by molar-refractivity contribution is 7.89. The van der Waals surface area contributed by atoms with Crippen LogP contribution >= 0.6 is 12.4 Å². The Hall–Kier alpha value is -1.61. The molecule has 7 nitrogen and oxygen atoms in total. The van der Waals surface area contributed by atoms with E-state index in [0.717, 1.165) is 0 Å². The molecule has 9 heteroatoms. The molecule has 0 saturated heterocycles. The Morgan fingerprint density at radius 3 is 2.52 bits per heavy atom. The molecule has 1 aromatic heterocycles. The number of hydrogen-bond donors (Lipinski definition) is 2. The van der Waals surface area contributed by atoms with Crippen LogP contribution in [0.25, 0.3) is 5.69 Å². The first-order valence-corrected chi connectivity index (χ1v) is 9.30. The van der Waals surface area contributed by atoms with Gasteiger partial charge >= 0.3 is 0 Å². The van der Waals surface area contributed by atoms with Gasteiger partial charge in [0, 0.05) is 12.1 Å². The average Bonchev–Trinajstić information content (AvgIpc) is 3.10. The van der Waals surface area contributed by atoms with Gasteiger partial charge in [-0.05, 0) is 25.0 Å². The molecule has 0 amide bonds. The molecule has 0 unspecified atom stereocenters. The molecule has 0 radical (unpaired) electrons. The van der Waals surface area contributed by atoms with E-state index in [1.54, 1.807) is 19.2 Å². The van der Waals surface area contributed by atoms with Gasteiger partial charge < -0.3 is 10.5 Å². The lowest BCUT2D eigenvalue weighted by molar-refractivity contribution is 0.392. The molecule has 0 bridgehead atoms. The van der Waals surface area contributed by atoms with Gasteiger partial charge in [0.2, 0.25) is 10.0 Å². The van der Waals surface area contributed by atoms with E-state index in [4.69, 9.17) is 10.5 Å². The van der Waals surface area contributed by atoms with Crippen molar-refractivity contribution in [2.75, 3.05) is 13.7 Å². The van der Waals surface area contributed by atoms with E-state index >= 15 is 0 Å². The van der Waals surface area contributed by atoms with Crippen LogP contribution in [0.2, 0.25) is 0 Å². The Bertz CT molecular complexity index is 788. The number of rotatable bonds is 8. The van der Waals surface area contributed by atoms with Gasteiger partial charge in [0.25, 0.3) is 0 Å². The van der Waals surface area contributed by atoms with Gasteiger partial charge in [0.15, 0.2) is 0 Å². The van der Waals surface area contributed by atoms with Gasteiger partial charge in [-0.25, -0.2) is 17.8 Å². The summed E-state index contributed by atoms with van der Waals surface area (Å²) in [7, 11) is -2.12. The maximum Gasteiger partial charge on any atom is 0.243 e. The summed E-state index contributed by atoms with van der Waals surface area (Å²) in [5, 5.41) is 4.13. The van der Waals surface area contributed by atoms with E-state index in [2.05, 4.69) is 9.82 Å². The number of para-hydroxylation sites is 2. The molecule has 3 N–H and O–H groups in total. The van der Waals surface area contributed by atoms with E-state index in [-0.39, 0.29) is 23.8 Å². The van der Waals surface area contributed by atoms with Crippen molar-refractivity contribution in [2.45, 2.75) is 37.1 Å². The molecule has 2 aromatic rings. The maximum atomic E-state index is 12.5. The van der Waals surface area contributed by atoms with E-state index in [1.807, 2.05) is 26.0 Å².